The first-order valence-electron chi connectivity index (χ1n) is 7.36. The molecule has 2 aromatic rings. The molecule has 0 bridgehead atoms. The summed E-state index contributed by atoms with van der Waals surface area (Å²) in [7, 11) is 0. The molecule has 2 N–H and O–H groups in total. The van der Waals surface area contributed by atoms with E-state index in [1.807, 2.05) is 38.1 Å². The molecular formula is C18H20N2O3. The molecule has 0 aliphatic carbocycles. The van der Waals surface area contributed by atoms with E-state index in [-0.39, 0.29) is 0 Å². The number of aryl methyl sites for hydroxylation is 2. The summed E-state index contributed by atoms with van der Waals surface area (Å²) >= 11 is 0. The number of carbonyl (C=O) groups excluding carboxylic acids is 2. The van der Waals surface area contributed by atoms with Crippen LogP contribution >= 0.6 is 0 Å². The predicted molar refractivity (Wildman–Crippen MR) is 89.6 cm³/mol. The summed E-state index contributed by atoms with van der Waals surface area (Å²) in [5.41, 5.74) is 2.71. The molecule has 0 spiro atoms. The van der Waals surface area contributed by atoms with Crippen LogP contribution in [-0.2, 0) is 4.79 Å². The third-order valence-corrected chi connectivity index (χ3v) is 3.15. The lowest BCUT2D eigenvalue weighted by Crippen LogP contribution is -2.42. The molecule has 0 saturated heterocycles. The number of carbonyl (C=O) groups is 2. The minimum absolute atomic E-state index is 0.502. The van der Waals surface area contributed by atoms with Crippen LogP contribution in [0, 0.1) is 13.8 Å². The van der Waals surface area contributed by atoms with E-state index in [4.69, 9.17) is 4.74 Å². The van der Waals surface area contributed by atoms with E-state index in [0.29, 0.717) is 11.4 Å². The van der Waals surface area contributed by atoms with Gasteiger partial charge in [-0.05, 0) is 56.2 Å². The van der Waals surface area contributed by atoms with Crippen LogP contribution in [0.5, 0.6) is 5.75 Å². The van der Waals surface area contributed by atoms with Crippen molar-refractivity contribution in [2.45, 2.75) is 26.9 Å². The van der Waals surface area contributed by atoms with Crippen molar-refractivity contribution >= 4 is 17.6 Å². The Morgan fingerprint density at radius 3 is 2.22 bits per heavy atom. The Morgan fingerprint density at radius 1 is 1.00 bits per heavy atom. The second kappa shape index (κ2) is 7.45. The van der Waals surface area contributed by atoms with Gasteiger partial charge in [-0.25, -0.2) is 4.79 Å². The Kier molecular flexibility index (Phi) is 5.36. The summed E-state index contributed by atoms with van der Waals surface area (Å²) in [6.45, 7) is 5.51. The molecule has 0 heterocycles. The molecule has 120 valence electrons. The zero-order valence-electron chi connectivity index (χ0n) is 13.4. The van der Waals surface area contributed by atoms with Gasteiger partial charge in [-0.3, -0.25) is 10.1 Å². The van der Waals surface area contributed by atoms with Gasteiger partial charge < -0.3 is 10.1 Å². The van der Waals surface area contributed by atoms with Crippen molar-refractivity contribution in [3.05, 3.63) is 59.7 Å². The zero-order chi connectivity index (χ0) is 16.8. The molecule has 0 fully saturated rings. The lowest BCUT2D eigenvalue weighted by molar-refractivity contribution is -0.126. The van der Waals surface area contributed by atoms with E-state index in [1.54, 1.807) is 31.2 Å². The minimum atomic E-state index is -0.780. The van der Waals surface area contributed by atoms with Crippen molar-refractivity contribution in [1.29, 1.82) is 0 Å². The van der Waals surface area contributed by atoms with Crippen LogP contribution in [0.1, 0.15) is 18.1 Å². The van der Waals surface area contributed by atoms with Gasteiger partial charge in [-0.15, -0.1) is 0 Å². The van der Waals surface area contributed by atoms with Crippen LogP contribution in [0.4, 0.5) is 10.5 Å². The number of benzene rings is 2. The molecule has 0 aliphatic heterocycles. The number of nitrogens with one attached hydrogen (secondary N) is 2. The summed E-state index contributed by atoms with van der Waals surface area (Å²) < 4.78 is 5.60. The maximum absolute atomic E-state index is 12.0. The smallest absolute Gasteiger partial charge is 0.325 e. The third kappa shape index (κ3) is 5.14. The fourth-order valence-corrected chi connectivity index (χ4v) is 2.16. The molecule has 0 aliphatic rings. The minimum Gasteiger partial charge on any atom is -0.481 e. The number of anilines is 1. The van der Waals surface area contributed by atoms with Gasteiger partial charge in [0.1, 0.15) is 5.75 Å². The standard InChI is InChI=1S/C18H20N2O3/c1-12-9-13(2)11-16(10-12)23-14(3)17(21)20-18(22)19-15-7-5-4-6-8-15/h4-11,14H,1-3H3,(H2,19,20,21,22)/t14-/m1/s1. The third-order valence-electron chi connectivity index (χ3n) is 3.15. The second-order valence-electron chi connectivity index (χ2n) is 5.39. The molecule has 0 saturated carbocycles. The van der Waals surface area contributed by atoms with Gasteiger partial charge in [0.15, 0.2) is 6.10 Å². The Labute approximate surface area is 135 Å². The van der Waals surface area contributed by atoms with E-state index in [0.717, 1.165) is 11.1 Å². The second-order valence-corrected chi connectivity index (χ2v) is 5.39. The molecule has 3 amide bonds. The Hall–Kier alpha value is -2.82. The van der Waals surface area contributed by atoms with Crippen molar-refractivity contribution in [2.75, 3.05) is 5.32 Å². The Morgan fingerprint density at radius 2 is 1.61 bits per heavy atom. The number of urea groups is 1. The molecule has 1 atom stereocenters. The van der Waals surface area contributed by atoms with Crippen molar-refractivity contribution < 1.29 is 14.3 Å². The average Bonchev–Trinajstić information content (AvgIpc) is 2.46. The van der Waals surface area contributed by atoms with Gasteiger partial charge >= 0.3 is 6.03 Å². The van der Waals surface area contributed by atoms with Crippen LogP contribution in [0.25, 0.3) is 0 Å². The maximum atomic E-state index is 12.0. The Bertz CT molecular complexity index is 678. The Balaban J connectivity index is 1.90. The van der Waals surface area contributed by atoms with Crippen molar-refractivity contribution in [1.82, 2.24) is 5.32 Å². The molecule has 2 aromatic carbocycles. The number of hydrogen-bond acceptors (Lipinski definition) is 3. The van der Waals surface area contributed by atoms with Crippen LogP contribution in [0.15, 0.2) is 48.5 Å². The van der Waals surface area contributed by atoms with Gasteiger partial charge in [0.25, 0.3) is 5.91 Å². The summed E-state index contributed by atoms with van der Waals surface area (Å²) in [6.07, 6.45) is -0.780. The van der Waals surface area contributed by atoms with E-state index in [2.05, 4.69) is 10.6 Å². The fraction of sp³-hybridized carbons (Fsp3) is 0.222. The number of hydrogen-bond donors (Lipinski definition) is 2. The molecule has 0 radical (unpaired) electrons. The maximum Gasteiger partial charge on any atom is 0.325 e. The summed E-state index contributed by atoms with van der Waals surface area (Å²) in [5.74, 6) is 0.103. The monoisotopic (exact) mass is 312 g/mol. The van der Waals surface area contributed by atoms with E-state index in [1.165, 1.54) is 0 Å². The van der Waals surface area contributed by atoms with E-state index < -0.39 is 18.0 Å². The molecular weight excluding hydrogens is 292 g/mol. The molecule has 2 rings (SSSR count). The van der Waals surface area contributed by atoms with Gasteiger partial charge in [0, 0.05) is 5.69 Å². The highest BCUT2D eigenvalue weighted by Gasteiger charge is 2.17. The summed E-state index contributed by atoms with van der Waals surface area (Å²) in [4.78, 5) is 23.8. The average molecular weight is 312 g/mol. The largest absolute Gasteiger partial charge is 0.481 e. The van der Waals surface area contributed by atoms with Crippen molar-refractivity contribution in [3.8, 4) is 5.75 Å². The van der Waals surface area contributed by atoms with Crippen LogP contribution in [-0.4, -0.2) is 18.0 Å². The van der Waals surface area contributed by atoms with Gasteiger partial charge in [0.05, 0.1) is 0 Å². The van der Waals surface area contributed by atoms with Crippen LogP contribution < -0.4 is 15.4 Å². The highest BCUT2D eigenvalue weighted by atomic mass is 16.5. The molecule has 5 heteroatoms. The molecule has 0 aromatic heterocycles. The topological polar surface area (TPSA) is 67.4 Å². The molecule has 0 unspecified atom stereocenters. The predicted octanol–water partition coefficient (Wildman–Crippen LogP) is 3.42. The van der Waals surface area contributed by atoms with Gasteiger partial charge in [-0.2, -0.15) is 0 Å². The first-order valence-corrected chi connectivity index (χ1v) is 7.36. The summed E-state index contributed by atoms with van der Waals surface area (Å²) in [5, 5.41) is 4.85. The van der Waals surface area contributed by atoms with Crippen LogP contribution in [0.3, 0.4) is 0 Å². The normalized spacial score (nSPS) is 11.4. The lowest BCUT2D eigenvalue weighted by Gasteiger charge is -2.15. The molecule has 5 nitrogen and oxygen atoms in total. The highest BCUT2D eigenvalue weighted by molar-refractivity contribution is 6.02. The fourth-order valence-electron chi connectivity index (χ4n) is 2.16. The lowest BCUT2D eigenvalue weighted by atomic mass is 10.1. The van der Waals surface area contributed by atoms with Crippen molar-refractivity contribution in [3.63, 3.8) is 0 Å². The number of amides is 3. The quantitative estimate of drug-likeness (QED) is 0.909. The zero-order valence-corrected chi connectivity index (χ0v) is 13.4. The van der Waals surface area contributed by atoms with Gasteiger partial charge in [0.2, 0.25) is 0 Å². The number of para-hydroxylation sites is 1. The summed E-state index contributed by atoms with van der Waals surface area (Å²) in [6, 6.07) is 14.0. The highest BCUT2D eigenvalue weighted by Crippen LogP contribution is 2.17. The SMILES string of the molecule is Cc1cc(C)cc(O[C@H](C)C(=O)NC(=O)Nc2ccccc2)c1. The van der Waals surface area contributed by atoms with E-state index >= 15 is 0 Å². The number of rotatable bonds is 4. The number of imide groups is 1. The van der Waals surface area contributed by atoms with Crippen LogP contribution in [0.2, 0.25) is 0 Å². The van der Waals surface area contributed by atoms with Gasteiger partial charge in [-0.1, -0.05) is 24.3 Å². The van der Waals surface area contributed by atoms with Crippen molar-refractivity contribution in [2.24, 2.45) is 0 Å². The van der Waals surface area contributed by atoms with E-state index in [9.17, 15) is 9.59 Å². The number of ether oxygens (including phenoxy) is 1. The first-order chi connectivity index (χ1) is 10.9. The molecule has 23 heavy (non-hydrogen) atoms. The first kappa shape index (κ1) is 16.5.